The molecule has 0 aliphatic heterocycles. The van der Waals surface area contributed by atoms with Crippen molar-refractivity contribution < 1.29 is 9.59 Å². The van der Waals surface area contributed by atoms with E-state index in [1.54, 1.807) is 22.9 Å². The smallest absolute Gasteiger partial charge is 0.318 e. The Labute approximate surface area is 122 Å². The van der Waals surface area contributed by atoms with E-state index in [1.165, 1.54) is 0 Å². The van der Waals surface area contributed by atoms with Gasteiger partial charge in [0, 0.05) is 4.88 Å². The molecule has 0 aliphatic rings. The number of nitrogens with one attached hydrogen (secondary N) is 1. The highest BCUT2D eigenvalue weighted by atomic mass is 32.2. The Bertz CT molecular complexity index is 597. The zero-order valence-corrected chi connectivity index (χ0v) is 12.1. The van der Waals surface area contributed by atoms with E-state index in [0.29, 0.717) is 11.7 Å². The molecular weight excluding hydrogens is 300 g/mol. The van der Waals surface area contributed by atoms with Gasteiger partial charge in [0.15, 0.2) is 0 Å². The standard InChI is InChI=1S/C10H12N6O2S2/c1-6(8(17)12-9(11)18)20-10-13-14-15-16(10)5-7-3-2-4-19-7/h2-4,6H,5H2,1H3,(H3,11,12,17,18). The van der Waals surface area contributed by atoms with Gasteiger partial charge in [0.05, 0.1) is 11.8 Å². The number of carbonyl (C=O) groups is 2. The summed E-state index contributed by atoms with van der Waals surface area (Å²) in [7, 11) is 0. The third kappa shape index (κ3) is 3.78. The molecule has 106 valence electrons. The number of tetrazole rings is 1. The number of rotatable bonds is 5. The summed E-state index contributed by atoms with van der Waals surface area (Å²) in [6, 6.07) is 3.05. The molecule has 2 heterocycles. The summed E-state index contributed by atoms with van der Waals surface area (Å²) in [4.78, 5) is 23.3. The monoisotopic (exact) mass is 312 g/mol. The molecule has 0 saturated carbocycles. The average molecular weight is 312 g/mol. The van der Waals surface area contributed by atoms with Crippen molar-refractivity contribution in [1.82, 2.24) is 25.5 Å². The maximum Gasteiger partial charge on any atom is 0.318 e. The lowest BCUT2D eigenvalue weighted by Gasteiger charge is -2.09. The molecule has 0 bridgehead atoms. The van der Waals surface area contributed by atoms with Crippen LogP contribution in [-0.2, 0) is 11.3 Å². The van der Waals surface area contributed by atoms with E-state index in [4.69, 9.17) is 5.73 Å². The normalized spacial score (nSPS) is 12.1. The van der Waals surface area contributed by atoms with Gasteiger partial charge in [0.1, 0.15) is 0 Å². The zero-order valence-electron chi connectivity index (χ0n) is 10.5. The van der Waals surface area contributed by atoms with Crippen molar-refractivity contribution >= 4 is 35.0 Å². The van der Waals surface area contributed by atoms with E-state index < -0.39 is 17.2 Å². The molecule has 3 amide bonds. The van der Waals surface area contributed by atoms with Crippen LogP contribution in [0.25, 0.3) is 0 Å². The lowest BCUT2D eigenvalue weighted by Crippen LogP contribution is -2.39. The van der Waals surface area contributed by atoms with Crippen LogP contribution in [0, 0.1) is 0 Å². The molecule has 2 aromatic rings. The maximum atomic E-state index is 11.6. The predicted molar refractivity (Wildman–Crippen MR) is 74.3 cm³/mol. The van der Waals surface area contributed by atoms with Crippen LogP contribution in [0.15, 0.2) is 22.7 Å². The Morgan fingerprint density at radius 2 is 2.40 bits per heavy atom. The number of urea groups is 1. The van der Waals surface area contributed by atoms with E-state index >= 15 is 0 Å². The number of primary amides is 1. The van der Waals surface area contributed by atoms with E-state index in [0.717, 1.165) is 16.6 Å². The maximum absolute atomic E-state index is 11.6. The van der Waals surface area contributed by atoms with Crippen LogP contribution < -0.4 is 11.1 Å². The van der Waals surface area contributed by atoms with Crippen molar-refractivity contribution in [1.29, 1.82) is 0 Å². The quantitative estimate of drug-likeness (QED) is 0.775. The number of amides is 3. The Morgan fingerprint density at radius 1 is 1.60 bits per heavy atom. The van der Waals surface area contributed by atoms with Crippen LogP contribution >= 0.6 is 23.1 Å². The summed E-state index contributed by atoms with van der Waals surface area (Å²) in [5.74, 6) is -0.479. The number of nitrogens with two attached hydrogens (primary N) is 1. The second kappa shape index (κ2) is 6.48. The second-order valence-corrected chi connectivity index (χ2v) is 6.15. The highest BCUT2D eigenvalue weighted by Gasteiger charge is 2.19. The first-order chi connectivity index (χ1) is 9.56. The van der Waals surface area contributed by atoms with Crippen molar-refractivity contribution in [2.24, 2.45) is 5.73 Å². The van der Waals surface area contributed by atoms with Gasteiger partial charge in [-0.25, -0.2) is 9.48 Å². The topological polar surface area (TPSA) is 116 Å². The van der Waals surface area contributed by atoms with E-state index in [9.17, 15) is 9.59 Å². The molecule has 0 aliphatic carbocycles. The number of hydrogen-bond acceptors (Lipinski definition) is 7. The fourth-order valence-corrected chi connectivity index (χ4v) is 2.84. The van der Waals surface area contributed by atoms with E-state index in [2.05, 4.69) is 15.5 Å². The van der Waals surface area contributed by atoms with E-state index in [-0.39, 0.29) is 0 Å². The number of thioether (sulfide) groups is 1. The summed E-state index contributed by atoms with van der Waals surface area (Å²) in [6.45, 7) is 2.18. The highest BCUT2D eigenvalue weighted by molar-refractivity contribution is 8.00. The fourth-order valence-electron chi connectivity index (χ4n) is 1.36. The van der Waals surface area contributed by atoms with Crippen LogP contribution in [0.5, 0.6) is 0 Å². The molecule has 1 atom stereocenters. The van der Waals surface area contributed by atoms with Gasteiger partial charge in [-0.05, 0) is 28.8 Å². The molecule has 3 N–H and O–H groups in total. The lowest BCUT2D eigenvalue weighted by atomic mass is 10.4. The molecule has 2 rings (SSSR count). The molecule has 0 spiro atoms. The number of thiophene rings is 1. The van der Waals surface area contributed by atoms with Gasteiger partial charge in [-0.1, -0.05) is 17.8 Å². The first-order valence-corrected chi connectivity index (χ1v) is 7.37. The van der Waals surface area contributed by atoms with Gasteiger partial charge >= 0.3 is 6.03 Å². The Hall–Kier alpha value is -1.94. The molecular formula is C10H12N6O2S2. The van der Waals surface area contributed by atoms with Gasteiger partial charge in [0.25, 0.3) is 0 Å². The van der Waals surface area contributed by atoms with Crippen molar-refractivity contribution in [3.05, 3.63) is 22.4 Å². The third-order valence-corrected chi connectivity index (χ3v) is 4.21. The van der Waals surface area contributed by atoms with Crippen molar-refractivity contribution in [3.63, 3.8) is 0 Å². The van der Waals surface area contributed by atoms with Crippen LogP contribution in [0.4, 0.5) is 4.79 Å². The Balaban J connectivity index is 2.01. The minimum Gasteiger partial charge on any atom is -0.351 e. The largest absolute Gasteiger partial charge is 0.351 e. The van der Waals surface area contributed by atoms with Crippen molar-refractivity contribution in [2.45, 2.75) is 23.9 Å². The summed E-state index contributed by atoms with van der Waals surface area (Å²) in [5.41, 5.74) is 4.90. The lowest BCUT2D eigenvalue weighted by molar-refractivity contribution is -0.119. The molecule has 0 radical (unpaired) electrons. The molecule has 10 heteroatoms. The van der Waals surface area contributed by atoms with Crippen LogP contribution in [0.2, 0.25) is 0 Å². The molecule has 0 saturated heterocycles. The summed E-state index contributed by atoms with van der Waals surface area (Å²) in [6.07, 6.45) is 0. The van der Waals surface area contributed by atoms with E-state index in [1.807, 2.05) is 22.8 Å². The Morgan fingerprint density at radius 3 is 3.05 bits per heavy atom. The van der Waals surface area contributed by atoms with Crippen LogP contribution in [0.1, 0.15) is 11.8 Å². The van der Waals surface area contributed by atoms with Gasteiger partial charge in [0.2, 0.25) is 11.1 Å². The van der Waals surface area contributed by atoms with Gasteiger partial charge in [-0.3, -0.25) is 10.1 Å². The SMILES string of the molecule is CC(Sc1nnnn1Cc1cccs1)C(=O)NC(N)=O. The van der Waals surface area contributed by atoms with Gasteiger partial charge < -0.3 is 5.73 Å². The summed E-state index contributed by atoms with van der Waals surface area (Å²) in [5, 5.41) is 15.3. The van der Waals surface area contributed by atoms with Crippen molar-refractivity contribution in [2.75, 3.05) is 0 Å². The molecule has 20 heavy (non-hydrogen) atoms. The van der Waals surface area contributed by atoms with Gasteiger partial charge in [-0.15, -0.1) is 16.4 Å². The van der Waals surface area contributed by atoms with Crippen LogP contribution in [0.3, 0.4) is 0 Å². The first kappa shape index (κ1) is 14.5. The number of nitrogens with zero attached hydrogens (tertiary/aromatic N) is 4. The van der Waals surface area contributed by atoms with Crippen molar-refractivity contribution in [3.8, 4) is 0 Å². The third-order valence-electron chi connectivity index (χ3n) is 2.28. The first-order valence-electron chi connectivity index (χ1n) is 5.61. The van der Waals surface area contributed by atoms with Crippen LogP contribution in [-0.4, -0.2) is 37.4 Å². The summed E-state index contributed by atoms with van der Waals surface area (Å²) < 4.78 is 1.60. The minimum atomic E-state index is -0.874. The van der Waals surface area contributed by atoms with Gasteiger partial charge in [-0.2, -0.15) is 0 Å². The number of carbonyl (C=O) groups excluding carboxylic acids is 2. The average Bonchev–Trinajstić information content (AvgIpc) is 3.01. The number of hydrogen-bond donors (Lipinski definition) is 2. The zero-order chi connectivity index (χ0) is 14.5. The molecule has 8 nitrogen and oxygen atoms in total. The summed E-state index contributed by atoms with van der Waals surface area (Å²) >= 11 is 2.76. The molecule has 0 fully saturated rings. The highest BCUT2D eigenvalue weighted by Crippen LogP contribution is 2.21. The minimum absolute atomic E-state index is 0.479. The fraction of sp³-hybridized carbons (Fsp3) is 0.300. The number of aromatic nitrogens is 4. The number of imide groups is 1. The Kier molecular flexibility index (Phi) is 4.69. The molecule has 1 unspecified atom stereocenters. The molecule has 2 aromatic heterocycles. The molecule has 0 aromatic carbocycles. The second-order valence-electron chi connectivity index (χ2n) is 3.81. The predicted octanol–water partition coefficient (Wildman–Crippen LogP) is 0.458.